The number of nitrogens with zero attached hydrogens (tertiary/aromatic N) is 3. The molecule has 0 amide bonds. The van der Waals surface area contributed by atoms with Crippen molar-refractivity contribution in [2.75, 3.05) is 19.5 Å². The average Bonchev–Trinajstić information content (AvgIpc) is 3.28. The number of carbonyl (C=O) groups is 1. The first-order valence-corrected chi connectivity index (χ1v) is 11.0. The maximum absolute atomic E-state index is 13.4. The summed E-state index contributed by atoms with van der Waals surface area (Å²) in [7, 11) is 1.44. The maximum atomic E-state index is 13.4. The number of methoxy groups -OCH3 is 1. The van der Waals surface area contributed by atoms with Crippen LogP contribution in [0.3, 0.4) is 0 Å². The highest BCUT2D eigenvalue weighted by Gasteiger charge is 2.48. The number of carbonyl (C=O) groups excluding carboxylic acids is 1. The van der Waals surface area contributed by atoms with E-state index in [1.807, 2.05) is 60.7 Å². The molecule has 2 heterocycles. The lowest BCUT2D eigenvalue weighted by atomic mass is 9.93. The van der Waals surface area contributed by atoms with Crippen LogP contribution in [-0.2, 0) is 37.8 Å². The third kappa shape index (κ3) is 4.99. The quantitative estimate of drug-likeness (QED) is 0.315. The van der Waals surface area contributed by atoms with Crippen LogP contribution in [0.2, 0.25) is 0 Å². The van der Waals surface area contributed by atoms with Crippen LogP contribution in [-0.4, -0.2) is 45.3 Å². The number of ketones is 1. The molecule has 0 radical (unpaired) electrons. The Morgan fingerprint density at radius 1 is 1.09 bits per heavy atom. The first-order chi connectivity index (χ1) is 17.0. The highest BCUT2D eigenvalue weighted by atomic mass is 16.7. The topological polar surface area (TPSA) is 134 Å². The molecule has 0 aliphatic rings. The van der Waals surface area contributed by atoms with Gasteiger partial charge in [0.15, 0.2) is 28.8 Å². The fourth-order valence-electron chi connectivity index (χ4n) is 3.95. The highest BCUT2D eigenvalue weighted by molar-refractivity contribution is 5.87. The smallest absolute Gasteiger partial charge is 0.280 e. The molecule has 2 aromatic carbocycles. The van der Waals surface area contributed by atoms with Gasteiger partial charge in [0, 0.05) is 7.11 Å². The average molecular weight is 478 g/mol. The van der Waals surface area contributed by atoms with E-state index in [1.54, 1.807) is 0 Å². The minimum atomic E-state index is -1.56. The number of Topliss-reactive ketones (excluding diaryl/α,β-unsaturated/α-hetero) is 1. The number of nitrogens with two attached hydrogens (primary N) is 1. The number of hydrogen-bond donors (Lipinski definition) is 2. The summed E-state index contributed by atoms with van der Waals surface area (Å²) in [6, 6.07) is 19.1. The van der Waals surface area contributed by atoms with E-state index in [1.165, 1.54) is 24.9 Å². The Kier molecular flexibility index (Phi) is 7.35. The third-order valence-corrected chi connectivity index (χ3v) is 5.75. The van der Waals surface area contributed by atoms with Gasteiger partial charge in [0.1, 0.15) is 0 Å². The number of benzene rings is 2. The molecule has 0 spiro atoms. The predicted octanol–water partition coefficient (Wildman–Crippen LogP) is 2.39. The molecule has 10 heteroatoms. The van der Waals surface area contributed by atoms with Crippen LogP contribution in [0.25, 0.3) is 11.2 Å². The maximum Gasteiger partial charge on any atom is 0.280 e. The first kappa shape index (κ1) is 24.3. The Labute approximate surface area is 201 Å². The van der Waals surface area contributed by atoms with Crippen molar-refractivity contribution in [3.8, 4) is 0 Å². The Morgan fingerprint density at radius 3 is 2.31 bits per heavy atom. The molecule has 35 heavy (non-hydrogen) atoms. The number of H-pyrrole nitrogens is 1. The number of hydrogen-bond acceptors (Lipinski definition) is 8. The molecule has 0 aliphatic carbocycles. The summed E-state index contributed by atoms with van der Waals surface area (Å²) < 4.78 is 19.3. The standard InChI is InChI=1S/C25H27N5O5/c1-17(31)25(15-34-13-18-9-5-3-6-10-18,23(33-2)35-14-19-11-7-4-8-12-19)30-16-27-20-21(30)28-24(26)29-22(20)32/h3-12,16,23H,13-15H2,1-2H3,(H3,26,28,29,32). The predicted molar refractivity (Wildman–Crippen MR) is 129 cm³/mol. The zero-order valence-electron chi connectivity index (χ0n) is 19.5. The number of ether oxygens (including phenoxy) is 3. The van der Waals surface area contributed by atoms with Gasteiger partial charge in [-0.05, 0) is 18.1 Å². The largest absolute Gasteiger partial charge is 0.374 e. The summed E-state index contributed by atoms with van der Waals surface area (Å²) >= 11 is 0. The van der Waals surface area contributed by atoms with E-state index >= 15 is 0 Å². The number of imidazole rings is 1. The minimum Gasteiger partial charge on any atom is -0.374 e. The second kappa shape index (κ2) is 10.6. The van der Waals surface area contributed by atoms with Gasteiger partial charge in [-0.1, -0.05) is 60.7 Å². The number of anilines is 1. The van der Waals surface area contributed by atoms with Crippen molar-refractivity contribution in [1.82, 2.24) is 19.5 Å². The van der Waals surface area contributed by atoms with Crippen molar-refractivity contribution in [2.24, 2.45) is 0 Å². The highest BCUT2D eigenvalue weighted by Crippen LogP contribution is 2.30. The Hall–Kier alpha value is -3.86. The Bertz CT molecular complexity index is 1340. The molecule has 0 aliphatic heterocycles. The van der Waals surface area contributed by atoms with E-state index in [9.17, 15) is 9.59 Å². The molecule has 0 saturated heterocycles. The normalized spacial score (nSPS) is 14.0. The molecule has 4 rings (SSSR count). The zero-order valence-corrected chi connectivity index (χ0v) is 19.5. The summed E-state index contributed by atoms with van der Waals surface area (Å²) in [5.41, 5.74) is 5.71. The number of nitrogens with one attached hydrogen (secondary N) is 1. The Morgan fingerprint density at radius 2 is 1.71 bits per heavy atom. The molecule has 10 nitrogen and oxygen atoms in total. The Balaban J connectivity index is 1.77. The van der Waals surface area contributed by atoms with Crippen LogP contribution in [0, 0.1) is 0 Å². The molecule has 3 N–H and O–H groups in total. The number of nitrogen functional groups attached to an aromatic ring is 1. The van der Waals surface area contributed by atoms with Crippen LogP contribution in [0.5, 0.6) is 0 Å². The number of aromatic nitrogens is 4. The van der Waals surface area contributed by atoms with Crippen LogP contribution >= 0.6 is 0 Å². The monoisotopic (exact) mass is 477 g/mol. The van der Waals surface area contributed by atoms with Gasteiger partial charge in [-0.25, -0.2) is 4.98 Å². The van der Waals surface area contributed by atoms with E-state index in [4.69, 9.17) is 19.9 Å². The van der Waals surface area contributed by atoms with Gasteiger partial charge in [-0.2, -0.15) is 4.98 Å². The van der Waals surface area contributed by atoms with E-state index in [2.05, 4.69) is 15.0 Å². The molecule has 2 unspecified atom stereocenters. The van der Waals surface area contributed by atoms with Crippen LogP contribution in [0.4, 0.5) is 5.95 Å². The number of aromatic amines is 1. The molecule has 0 fully saturated rings. The van der Waals surface area contributed by atoms with Gasteiger partial charge in [-0.3, -0.25) is 19.1 Å². The molecule has 4 aromatic rings. The lowest BCUT2D eigenvalue weighted by Gasteiger charge is -2.38. The van der Waals surface area contributed by atoms with Crippen LogP contribution in [0.1, 0.15) is 18.1 Å². The zero-order chi connectivity index (χ0) is 24.8. The van der Waals surface area contributed by atoms with Crippen molar-refractivity contribution in [3.63, 3.8) is 0 Å². The number of fused-ring (bicyclic) bond motifs is 1. The van der Waals surface area contributed by atoms with Crippen LogP contribution < -0.4 is 11.3 Å². The molecule has 2 aromatic heterocycles. The van der Waals surface area contributed by atoms with E-state index < -0.39 is 17.4 Å². The van der Waals surface area contributed by atoms with Crippen molar-refractivity contribution in [3.05, 3.63) is 88.5 Å². The number of rotatable bonds is 11. The lowest BCUT2D eigenvalue weighted by molar-refractivity contribution is -0.206. The second-order valence-electron chi connectivity index (χ2n) is 8.06. The minimum absolute atomic E-state index is 0.0331. The third-order valence-electron chi connectivity index (χ3n) is 5.75. The van der Waals surface area contributed by atoms with Gasteiger partial charge in [0.2, 0.25) is 5.95 Å². The van der Waals surface area contributed by atoms with Gasteiger partial charge < -0.3 is 19.9 Å². The molecule has 0 bridgehead atoms. The van der Waals surface area contributed by atoms with E-state index in [0.717, 1.165) is 11.1 Å². The molecule has 2 atom stereocenters. The molecule has 182 valence electrons. The summed E-state index contributed by atoms with van der Waals surface area (Å²) in [6.07, 6.45) is 0.257. The summed E-state index contributed by atoms with van der Waals surface area (Å²) in [5, 5.41) is 0. The first-order valence-electron chi connectivity index (χ1n) is 11.0. The van der Waals surface area contributed by atoms with Gasteiger partial charge in [0.05, 0.1) is 26.1 Å². The second-order valence-corrected chi connectivity index (χ2v) is 8.06. The van der Waals surface area contributed by atoms with Gasteiger partial charge in [0.25, 0.3) is 5.56 Å². The summed E-state index contributed by atoms with van der Waals surface area (Å²) in [6.45, 7) is 1.69. The molecular formula is C25H27N5O5. The van der Waals surface area contributed by atoms with Crippen molar-refractivity contribution < 1.29 is 19.0 Å². The van der Waals surface area contributed by atoms with Crippen molar-refractivity contribution in [2.45, 2.75) is 32.0 Å². The van der Waals surface area contributed by atoms with E-state index in [-0.39, 0.29) is 42.7 Å². The molecule has 0 saturated carbocycles. The van der Waals surface area contributed by atoms with Gasteiger partial charge >= 0.3 is 0 Å². The lowest BCUT2D eigenvalue weighted by Crippen LogP contribution is -2.55. The van der Waals surface area contributed by atoms with E-state index in [0.29, 0.717) is 0 Å². The van der Waals surface area contributed by atoms with Crippen molar-refractivity contribution >= 4 is 22.9 Å². The van der Waals surface area contributed by atoms with Crippen LogP contribution in [0.15, 0.2) is 71.8 Å². The fraction of sp³-hybridized carbons (Fsp3) is 0.280. The summed E-state index contributed by atoms with van der Waals surface area (Å²) in [4.78, 5) is 36.7. The molecular weight excluding hydrogens is 450 g/mol. The van der Waals surface area contributed by atoms with Gasteiger partial charge in [-0.15, -0.1) is 0 Å². The van der Waals surface area contributed by atoms with Crippen molar-refractivity contribution in [1.29, 1.82) is 0 Å². The SMILES string of the molecule is COC(OCc1ccccc1)C(COCc1ccccc1)(C(C)=O)n1cnc2c(=O)[nH]c(N)nc21. The fourth-order valence-corrected chi connectivity index (χ4v) is 3.95. The summed E-state index contributed by atoms with van der Waals surface area (Å²) in [5.74, 6) is -0.434.